The number of halogens is 4. The number of nitrogens with zero attached hydrogens (tertiary/aromatic N) is 1. The molecule has 0 unspecified atom stereocenters. The molecule has 0 atom stereocenters. The standard InChI is InChI=1S/C28H25F4NO/c1-34-16-2-3-20-7-15-26(33-18-20)23-11-14-25-22(17-23)10-9-21(27(25)29)8-4-19-5-12-24(13-6-19)28(30,31)32/h5-7,9-15,17-18H,2-4,8,16H2,1H3. The number of alkyl halides is 3. The fraction of sp³-hybridized carbons (Fsp3) is 0.250. The highest BCUT2D eigenvalue weighted by Crippen LogP contribution is 2.30. The minimum atomic E-state index is -4.36. The van der Waals surface area contributed by atoms with Gasteiger partial charge in [0.1, 0.15) is 5.82 Å². The summed E-state index contributed by atoms with van der Waals surface area (Å²) in [6.07, 6.45) is 0.205. The van der Waals surface area contributed by atoms with Crippen molar-refractivity contribution in [3.8, 4) is 11.3 Å². The normalized spacial score (nSPS) is 11.8. The van der Waals surface area contributed by atoms with E-state index < -0.39 is 11.7 Å². The first-order chi connectivity index (χ1) is 16.3. The lowest BCUT2D eigenvalue weighted by Crippen LogP contribution is -2.04. The van der Waals surface area contributed by atoms with Crippen molar-refractivity contribution in [1.29, 1.82) is 0 Å². The van der Waals surface area contributed by atoms with Crippen LogP contribution in [0.25, 0.3) is 22.0 Å². The van der Waals surface area contributed by atoms with E-state index in [-0.39, 0.29) is 5.82 Å². The number of hydrogen-bond acceptors (Lipinski definition) is 2. The molecular weight excluding hydrogens is 442 g/mol. The Balaban J connectivity index is 1.47. The van der Waals surface area contributed by atoms with Gasteiger partial charge in [0.05, 0.1) is 11.3 Å². The van der Waals surface area contributed by atoms with Gasteiger partial charge in [0.25, 0.3) is 0 Å². The summed E-state index contributed by atoms with van der Waals surface area (Å²) in [7, 11) is 1.69. The predicted molar refractivity (Wildman–Crippen MR) is 126 cm³/mol. The topological polar surface area (TPSA) is 22.1 Å². The van der Waals surface area contributed by atoms with Crippen LogP contribution in [0.4, 0.5) is 17.6 Å². The van der Waals surface area contributed by atoms with Crippen molar-refractivity contribution in [2.45, 2.75) is 31.9 Å². The Hall–Kier alpha value is -3.25. The maximum absolute atomic E-state index is 15.2. The third kappa shape index (κ3) is 5.62. The van der Waals surface area contributed by atoms with Gasteiger partial charge in [-0.3, -0.25) is 4.98 Å². The van der Waals surface area contributed by atoms with Crippen molar-refractivity contribution in [1.82, 2.24) is 4.98 Å². The maximum atomic E-state index is 15.2. The molecule has 6 heteroatoms. The second-order valence-electron chi connectivity index (χ2n) is 8.32. The Bertz CT molecular complexity index is 1250. The Labute approximate surface area is 196 Å². The first kappa shape index (κ1) is 23.9. The molecular formula is C28H25F4NO. The van der Waals surface area contributed by atoms with Gasteiger partial charge in [-0.15, -0.1) is 0 Å². The van der Waals surface area contributed by atoms with Gasteiger partial charge in [0.2, 0.25) is 0 Å². The van der Waals surface area contributed by atoms with Crippen LogP contribution in [-0.2, 0) is 30.2 Å². The first-order valence-corrected chi connectivity index (χ1v) is 11.2. The second-order valence-corrected chi connectivity index (χ2v) is 8.32. The molecule has 0 aliphatic carbocycles. The molecule has 1 aromatic heterocycles. The molecule has 0 N–H and O–H groups in total. The Morgan fingerprint density at radius 3 is 2.26 bits per heavy atom. The SMILES string of the molecule is COCCCc1ccc(-c2ccc3c(F)c(CCc4ccc(C(F)(F)F)cc4)ccc3c2)nc1. The summed E-state index contributed by atoms with van der Waals surface area (Å²) in [6, 6.07) is 18.2. The number of methoxy groups -OCH3 is 1. The van der Waals surface area contributed by atoms with E-state index in [1.807, 2.05) is 36.5 Å². The summed E-state index contributed by atoms with van der Waals surface area (Å²) >= 11 is 0. The van der Waals surface area contributed by atoms with E-state index in [1.165, 1.54) is 12.1 Å². The van der Waals surface area contributed by atoms with Crippen LogP contribution >= 0.6 is 0 Å². The molecule has 1 heterocycles. The number of aromatic nitrogens is 1. The summed E-state index contributed by atoms with van der Waals surface area (Å²) in [5, 5.41) is 1.30. The Morgan fingerprint density at radius 2 is 1.59 bits per heavy atom. The van der Waals surface area contributed by atoms with E-state index in [9.17, 15) is 13.2 Å². The lowest BCUT2D eigenvalue weighted by Gasteiger charge is -2.10. The number of ether oxygens (including phenoxy) is 1. The molecule has 2 nitrogen and oxygen atoms in total. The van der Waals surface area contributed by atoms with E-state index in [0.29, 0.717) is 30.4 Å². The van der Waals surface area contributed by atoms with Crippen molar-refractivity contribution < 1.29 is 22.3 Å². The van der Waals surface area contributed by atoms with Gasteiger partial charge in [-0.25, -0.2) is 4.39 Å². The van der Waals surface area contributed by atoms with Crippen LogP contribution in [0.5, 0.6) is 0 Å². The molecule has 34 heavy (non-hydrogen) atoms. The molecule has 0 saturated heterocycles. The van der Waals surface area contributed by atoms with Crippen molar-refractivity contribution >= 4 is 10.8 Å². The number of rotatable bonds is 8. The van der Waals surface area contributed by atoms with Crippen LogP contribution in [0.3, 0.4) is 0 Å². The molecule has 4 rings (SSSR count). The lowest BCUT2D eigenvalue weighted by atomic mass is 9.98. The summed E-state index contributed by atoms with van der Waals surface area (Å²) in [6.45, 7) is 0.713. The number of hydrogen-bond donors (Lipinski definition) is 0. The third-order valence-electron chi connectivity index (χ3n) is 5.93. The molecule has 3 aromatic carbocycles. The van der Waals surface area contributed by atoms with Gasteiger partial charge in [-0.05, 0) is 72.0 Å². The molecule has 0 aliphatic rings. The summed E-state index contributed by atoms with van der Waals surface area (Å²) < 4.78 is 58.4. The Kier molecular flexibility index (Phi) is 7.27. The largest absolute Gasteiger partial charge is 0.416 e. The van der Waals surface area contributed by atoms with Gasteiger partial charge >= 0.3 is 6.18 Å². The van der Waals surface area contributed by atoms with Crippen LogP contribution < -0.4 is 0 Å². The molecule has 0 aliphatic heterocycles. The zero-order valence-corrected chi connectivity index (χ0v) is 18.8. The fourth-order valence-electron chi connectivity index (χ4n) is 3.99. The monoisotopic (exact) mass is 467 g/mol. The summed E-state index contributed by atoms with van der Waals surface area (Å²) in [5.41, 5.74) is 3.47. The molecule has 4 aromatic rings. The zero-order chi connectivity index (χ0) is 24.1. The van der Waals surface area contributed by atoms with Gasteiger partial charge in [0, 0.05) is 30.9 Å². The minimum Gasteiger partial charge on any atom is -0.385 e. The van der Waals surface area contributed by atoms with Crippen molar-refractivity contribution in [2.24, 2.45) is 0 Å². The average molecular weight is 468 g/mol. The molecule has 0 saturated carbocycles. The minimum absolute atomic E-state index is 0.294. The first-order valence-electron chi connectivity index (χ1n) is 11.2. The number of fused-ring (bicyclic) bond motifs is 1. The second kappa shape index (κ2) is 10.3. The van der Waals surface area contributed by atoms with Crippen LogP contribution in [0.15, 0.2) is 72.9 Å². The van der Waals surface area contributed by atoms with Crippen molar-refractivity contribution in [2.75, 3.05) is 13.7 Å². The predicted octanol–water partition coefficient (Wildman–Crippen LogP) is 7.42. The highest BCUT2D eigenvalue weighted by Gasteiger charge is 2.29. The van der Waals surface area contributed by atoms with Gasteiger partial charge in [-0.1, -0.05) is 42.5 Å². The molecule has 0 spiro atoms. The van der Waals surface area contributed by atoms with E-state index in [4.69, 9.17) is 4.74 Å². The van der Waals surface area contributed by atoms with E-state index in [2.05, 4.69) is 4.98 Å². The Morgan fingerprint density at radius 1 is 0.824 bits per heavy atom. The smallest absolute Gasteiger partial charge is 0.385 e. The molecule has 0 amide bonds. The number of aryl methyl sites for hydroxylation is 3. The molecule has 0 fully saturated rings. The molecule has 0 radical (unpaired) electrons. The van der Waals surface area contributed by atoms with Crippen LogP contribution in [0, 0.1) is 5.82 Å². The number of pyridine rings is 1. The molecule has 176 valence electrons. The van der Waals surface area contributed by atoms with Gasteiger partial charge in [-0.2, -0.15) is 13.2 Å². The van der Waals surface area contributed by atoms with Gasteiger partial charge < -0.3 is 4.74 Å². The third-order valence-corrected chi connectivity index (χ3v) is 5.93. The lowest BCUT2D eigenvalue weighted by molar-refractivity contribution is -0.137. The highest BCUT2D eigenvalue weighted by molar-refractivity contribution is 5.88. The van der Waals surface area contributed by atoms with Crippen LogP contribution in [-0.4, -0.2) is 18.7 Å². The molecule has 0 bridgehead atoms. The van der Waals surface area contributed by atoms with E-state index in [1.54, 1.807) is 19.2 Å². The highest BCUT2D eigenvalue weighted by atomic mass is 19.4. The summed E-state index contributed by atoms with van der Waals surface area (Å²) in [4.78, 5) is 4.55. The van der Waals surface area contributed by atoms with Crippen molar-refractivity contribution in [3.05, 3.63) is 101 Å². The maximum Gasteiger partial charge on any atom is 0.416 e. The van der Waals surface area contributed by atoms with Crippen molar-refractivity contribution in [3.63, 3.8) is 0 Å². The van der Waals surface area contributed by atoms with E-state index in [0.717, 1.165) is 52.7 Å². The number of benzene rings is 3. The fourth-order valence-corrected chi connectivity index (χ4v) is 3.99. The van der Waals surface area contributed by atoms with E-state index >= 15 is 4.39 Å². The summed E-state index contributed by atoms with van der Waals surface area (Å²) in [5.74, 6) is -0.294. The van der Waals surface area contributed by atoms with Gasteiger partial charge in [0.15, 0.2) is 0 Å². The average Bonchev–Trinajstić information content (AvgIpc) is 2.84. The van der Waals surface area contributed by atoms with Crippen LogP contribution in [0.2, 0.25) is 0 Å². The quantitative estimate of drug-likeness (QED) is 0.199. The zero-order valence-electron chi connectivity index (χ0n) is 18.8. The van der Waals surface area contributed by atoms with Crippen LogP contribution in [0.1, 0.15) is 28.7 Å².